The molecule has 18 heavy (non-hydrogen) atoms. The van der Waals surface area contributed by atoms with Crippen LogP contribution in [0.3, 0.4) is 0 Å². The minimum absolute atomic E-state index is 0.0973. The van der Waals surface area contributed by atoms with Gasteiger partial charge in [0.1, 0.15) is 10.7 Å². The van der Waals surface area contributed by atoms with Crippen LogP contribution in [0.5, 0.6) is 0 Å². The summed E-state index contributed by atoms with van der Waals surface area (Å²) in [5, 5.41) is 2.79. The molecule has 0 spiro atoms. The van der Waals surface area contributed by atoms with Gasteiger partial charge in [-0.25, -0.2) is 18.1 Å². The van der Waals surface area contributed by atoms with Crippen molar-refractivity contribution in [3.05, 3.63) is 18.3 Å². The molecule has 1 heterocycles. The Hall–Kier alpha value is -1.14. The van der Waals surface area contributed by atoms with Crippen LogP contribution in [-0.2, 0) is 10.0 Å². The van der Waals surface area contributed by atoms with Gasteiger partial charge in [-0.05, 0) is 31.4 Å². The Morgan fingerprint density at radius 2 is 2.00 bits per heavy atom. The van der Waals surface area contributed by atoms with Crippen molar-refractivity contribution >= 4 is 15.8 Å². The summed E-state index contributed by atoms with van der Waals surface area (Å²) in [6, 6.07) is 3.06. The van der Waals surface area contributed by atoms with Crippen molar-refractivity contribution in [3.8, 4) is 0 Å². The molecule has 1 rings (SSSR count). The highest BCUT2D eigenvalue weighted by molar-refractivity contribution is 7.89. The number of hydrogen-bond acceptors (Lipinski definition) is 4. The predicted octanol–water partition coefficient (Wildman–Crippen LogP) is 1.84. The van der Waals surface area contributed by atoms with Crippen LogP contribution in [0, 0.1) is 5.92 Å². The SMILES string of the molecule is CNc1ncccc1S(=O)(=O)NC(C)CC(C)C. The first kappa shape index (κ1) is 14.9. The predicted molar refractivity (Wildman–Crippen MR) is 73.0 cm³/mol. The van der Waals surface area contributed by atoms with Gasteiger partial charge in [0.15, 0.2) is 0 Å². The standard InChI is InChI=1S/C12H21N3O2S/c1-9(2)8-10(3)15-18(16,17)11-6-5-7-14-12(11)13-4/h5-7,9-10,15H,8H2,1-4H3,(H,13,14). The number of nitrogens with one attached hydrogen (secondary N) is 2. The zero-order valence-electron chi connectivity index (χ0n) is 11.3. The molecule has 0 radical (unpaired) electrons. The molecule has 1 atom stereocenters. The summed E-state index contributed by atoms with van der Waals surface area (Å²) in [6.07, 6.45) is 2.36. The highest BCUT2D eigenvalue weighted by Gasteiger charge is 2.21. The fourth-order valence-corrected chi connectivity index (χ4v) is 3.30. The molecule has 6 heteroatoms. The van der Waals surface area contributed by atoms with Crippen LogP contribution in [0.25, 0.3) is 0 Å². The average molecular weight is 271 g/mol. The van der Waals surface area contributed by atoms with Crippen LogP contribution in [0.1, 0.15) is 27.2 Å². The Labute approximate surface area is 109 Å². The van der Waals surface area contributed by atoms with Crippen molar-refractivity contribution in [2.24, 2.45) is 5.92 Å². The number of sulfonamides is 1. The molecular formula is C12H21N3O2S. The largest absolute Gasteiger partial charge is 0.372 e. The fourth-order valence-electron chi connectivity index (χ4n) is 1.88. The molecule has 0 aliphatic carbocycles. The highest BCUT2D eigenvalue weighted by Crippen LogP contribution is 2.18. The van der Waals surface area contributed by atoms with Gasteiger partial charge in [0.2, 0.25) is 10.0 Å². The van der Waals surface area contributed by atoms with Crippen molar-refractivity contribution in [1.82, 2.24) is 9.71 Å². The van der Waals surface area contributed by atoms with Crippen LogP contribution >= 0.6 is 0 Å². The van der Waals surface area contributed by atoms with E-state index in [4.69, 9.17) is 0 Å². The second kappa shape index (κ2) is 6.15. The molecule has 0 aliphatic rings. The highest BCUT2D eigenvalue weighted by atomic mass is 32.2. The third-order valence-corrected chi connectivity index (χ3v) is 4.10. The lowest BCUT2D eigenvalue weighted by Crippen LogP contribution is -2.34. The summed E-state index contributed by atoms with van der Waals surface area (Å²) in [6.45, 7) is 5.99. The van der Waals surface area contributed by atoms with E-state index in [2.05, 4.69) is 28.9 Å². The molecule has 0 aliphatic heterocycles. The number of nitrogens with zero attached hydrogens (tertiary/aromatic N) is 1. The number of rotatable bonds is 6. The summed E-state index contributed by atoms with van der Waals surface area (Å²) in [5.41, 5.74) is 0. The van der Waals surface area contributed by atoms with Gasteiger partial charge >= 0.3 is 0 Å². The van der Waals surface area contributed by atoms with Gasteiger partial charge < -0.3 is 5.32 Å². The summed E-state index contributed by atoms with van der Waals surface area (Å²) in [4.78, 5) is 4.18. The maximum Gasteiger partial charge on any atom is 0.244 e. The Balaban J connectivity index is 2.93. The first-order valence-electron chi connectivity index (χ1n) is 6.02. The molecule has 1 aromatic heterocycles. The fraction of sp³-hybridized carbons (Fsp3) is 0.583. The third kappa shape index (κ3) is 3.96. The van der Waals surface area contributed by atoms with Gasteiger partial charge in [-0.2, -0.15) is 0 Å². The summed E-state index contributed by atoms with van der Waals surface area (Å²) < 4.78 is 27.1. The van der Waals surface area contributed by atoms with Crippen molar-refractivity contribution in [2.75, 3.05) is 12.4 Å². The van der Waals surface area contributed by atoms with Crippen LogP contribution < -0.4 is 10.0 Å². The van der Waals surface area contributed by atoms with E-state index in [1.54, 1.807) is 25.4 Å². The Morgan fingerprint density at radius 3 is 2.56 bits per heavy atom. The van der Waals surface area contributed by atoms with Gasteiger partial charge in [-0.3, -0.25) is 0 Å². The quantitative estimate of drug-likeness (QED) is 0.828. The van der Waals surface area contributed by atoms with E-state index in [0.717, 1.165) is 6.42 Å². The number of anilines is 1. The molecule has 0 amide bonds. The zero-order chi connectivity index (χ0) is 13.8. The number of hydrogen-bond donors (Lipinski definition) is 2. The molecular weight excluding hydrogens is 250 g/mol. The lowest BCUT2D eigenvalue weighted by atomic mass is 10.1. The molecule has 0 aromatic carbocycles. The minimum atomic E-state index is -3.52. The van der Waals surface area contributed by atoms with E-state index in [0.29, 0.717) is 11.7 Å². The van der Waals surface area contributed by atoms with Gasteiger partial charge in [0, 0.05) is 19.3 Å². The van der Waals surface area contributed by atoms with Crippen molar-refractivity contribution in [2.45, 2.75) is 38.1 Å². The van der Waals surface area contributed by atoms with Gasteiger partial charge in [0.05, 0.1) is 0 Å². The Kier molecular flexibility index (Phi) is 5.10. The van der Waals surface area contributed by atoms with Gasteiger partial charge in [0.25, 0.3) is 0 Å². The molecule has 0 fully saturated rings. The maximum absolute atomic E-state index is 12.2. The van der Waals surface area contributed by atoms with Crippen LogP contribution in [0.2, 0.25) is 0 Å². The van der Waals surface area contributed by atoms with Gasteiger partial charge in [-0.15, -0.1) is 0 Å². The smallest absolute Gasteiger partial charge is 0.244 e. The van der Waals surface area contributed by atoms with E-state index < -0.39 is 10.0 Å². The molecule has 1 aromatic rings. The average Bonchev–Trinajstić information content (AvgIpc) is 2.27. The van der Waals surface area contributed by atoms with E-state index in [1.165, 1.54) is 0 Å². The van der Waals surface area contributed by atoms with E-state index in [-0.39, 0.29) is 10.9 Å². The molecule has 0 saturated carbocycles. The third-order valence-electron chi connectivity index (χ3n) is 2.48. The van der Waals surface area contributed by atoms with Crippen molar-refractivity contribution < 1.29 is 8.42 Å². The van der Waals surface area contributed by atoms with Gasteiger partial charge in [-0.1, -0.05) is 13.8 Å². The van der Waals surface area contributed by atoms with Crippen molar-refractivity contribution in [3.63, 3.8) is 0 Å². The first-order chi connectivity index (χ1) is 8.36. The summed E-state index contributed by atoms with van der Waals surface area (Å²) >= 11 is 0. The lowest BCUT2D eigenvalue weighted by molar-refractivity contribution is 0.482. The topological polar surface area (TPSA) is 71.1 Å². The van der Waals surface area contributed by atoms with Crippen LogP contribution in [0.4, 0.5) is 5.82 Å². The number of pyridine rings is 1. The second-order valence-corrected chi connectivity index (χ2v) is 6.43. The maximum atomic E-state index is 12.2. The minimum Gasteiger partial charge on any atom is -0.372 e. The Bertz CT molecular complexity index is 486. The molecule has 2 N–H and O–H groups in total. The van der Waals surface area contributed by atoms with E-state index in [9.17, 15) is 8.42 Å². The van der Waals surface area contributed by atoms with Crippen LogP contribution in [-0.4, -0.2) is 26.5 Å². The normalized spacial score (nSPS) is 13.6. The molecule has 102 valence electrons. The molecule has 0 saturated heterocycles. The Morgan fingerprint density at radius 1 is 1.33 bits per heavy atom. The summed E-state index contributed by atoms with van der Waals surface area (Å²) in [7, 11) is -1.87. The van der Waals surface area contributed by atoms with Crippen molar-refractivity contribution in [1.29, 1.82) is 0 Å². The van der Waals surface area contributed by atoms with Crippen LogP contribution in [0.15, 0.2) is 23.2 Å². The lowest BCUT2D eigenvalue weighted by Gasteiger charge is -2.17. The zero-order valence-corrected chi connectivity index (χ0v) is 12.1. The molecule has 5 nitrogen and oxygen atoms in total. The summed E-state index contributed by atoms with van der Waals surface area (Å²) in [5.74, 6) is 0.808. The first-order valence-corrected chi connectivity index (χ1v) is 7.50. The molecule has 0 bridgehead atoms. The monoisotopic (exact) mass is 271 g/mol. The molecule has 1 unspecified atom stereocenters. The second-order valence-electron chi connectivity index (χ2n) is 4.75. The van der Waals surface area contributed by atoms with E-state index in [1.807, 2.05) is 6.92 Å². The van der Waals surface area contributed by atoms with E-state index >= 15 is 0 Å². The number of aromatic nitrogens is 1.